The van der Waals surface area contributed by atoms with Crippen LogP contribution in [0, 0.1) is 5.92 Å². The summed E-state index contributed by atoms with van der Waals surface area (Å²) in [6, 6.07) is 0. The number of alkyl halides is 8. The second kappa shape index (κ2) is 10.8. The minimum absolute atomic E-state index is 0.113. The van der Waals surface area contributed by atoms with Crippen LogP contribution in [0.15, 0.2) is 12.2 Å². The molecule has 0 fully saturated rings. The van der Waals surface area contributed by atoms with E-state index in [9.17, 15) is 44.7 Å². The van der Waals surface area contributed by atoms with E-state index in [1.54, 1.807) is 6.92 Å². The van der Waals surface area contributed by atoms with Gasteiger partial charge >= 0.3 is 36.1 Å². The molecule has 0 aromatic rings. The number of carboxylic acids is 1. The summed E-state index contributed by atoms with van der Waals surface area (Å²) in [6.07, 6.45) is -7.63. The van der Waals surface area contributed by atoms with Gasteiger partial charge in [-0.1, -0.05) is 39.5 Å². The summed E-state index contributed by atoms with van der Waals surface area (Å²) < 4.78 is 111. The highest BCUT2D eigenvalue weighted by molar-refractivity contribution is 5.90. The number of unbranched alkanes of at least 4 members (excludes halogenated alkanes) is 1. The largest absolute Gasteiger partial charge is 0.478 e. The molecule has 1 N–H and O–H groups in total. The molecule has 0 radical (unpaired) electrons. The normalized spacial score (nSPS) is 15.6. The van der Waals surface area contributed by atoms with Gasteiger partial charge in [0.1, 0.15) is 0 Å². The van der Waals surface area contributed by atoms with Crippen LogP contribution >= 0.6 is 0 Å². The van der Waals surface area contributed by atoms with Crippen LogP contribution in [-0.4, -0.2) is 47.3 Å². The van der Waals surface area contributed by atoms with Gasteiger partial charge in [-0.2, -0.15) is 26.3 Å². The molecule has 0 aliphatic carbocycles. The highest BCUT2D eigenvalue weighted by Crippen LogP contribution is 2.51. The third kappa shape index (κ3) is 6.84. The Hall–Kier alpha value is -1.88. The van der Waals surface area contributed by atoms with Crippen LogP contribution in [-0.2, 0) is 14.3 Å². The molecule has 0 aromatic carbocycles. The van der Waals surface area contributed by atoms with Crippen molar-refractivity contribution in [1.82, 2.24) is 0 Å². The number of rotatable bonds is 13. The summed E-state index contributed by atoms with van der Waals surface area (Å²) in [7, 11) is 0. The molecule has 2 atom stereocenters. The van der Waals surface area contributed by atoms with Crippen LogP contribution in [0.3, 0.4) is 0 Å². The van der Waals surface area contributed by atoms with E-state index in [0.29, 0.717) is 12.8 Å². The predicted molar refractivity (Wildman–Crippen MR) is 85.4 cm³/mol. The number of carbonyl (C=O) groups is 2. The molecule has 29 heavy (non-hydrogen) atoms. The lowest BCUT2D eigenvalue weighted by Gasteiger charge is -2.37. The number of hydrogen-bond donors (Lipinski definition) is 1. The minimum Gasteiger partial charge on any atom is -0.478 e. The van der Waals surface area contributed by atoms with Crippen molar-refractivity contribution in [2.45, 2.75) is 76.2 Å². The van der Waals surface area contributed by atoms with Crippen LogP contribution in [0.2, 0.25) is 0 Å². The molecular weight excluding hydrogens is 420 g/mol. The van der Waals surface area contributed by atoms with Crippen molar-refractivity contribution in [2.24, 2.45) is 5.92 Å². The predicted octanol–water partition coefficient (Wildman–Crippen LogP) is 5.32. The van der Waals surface area contributed by atoms with Crippen molar-refractivity contribution in [2.75, 3.05) is 0 Å². The van der Waals surface area contributed by atoms with Gasteiger partial charge in [-0.25, -0.2) is 18.4 Å². The number of carbonyl (C=O) groups excluding carboxylic acids is 1. The third-order valence-electron chi connectivity index (χ3n) is 4.23. The molecule has 0 bridgehead atoms. The highest BCUT2D eigenvalue weighted by Gasteiger charge is 2.78. The maximum Gasteiger partial charge on any atom is 0.381 e. The number of carboxylic acid groups (broad SMARTS) is 1. The average molecular weight is 442 g/mol. The van der Waals surface area contributed by atoms with Gasteiger partial charge in [-0.3, -0.25) is 0 Å². The summed E-state index contributed by atoms with van der Waals surface area (Å²) in [5.41, 5.74) is 0. The molecule has 2 unspecified atom stereocenters. The lowest BCUT2D eigenvalue weighted by molar-refractivity contribution is -0.357. The molecule has 0 aliphatic rings. The molecule has 0 aliphatic heterocycles. The van der Waals surface area contributed by atoms with Gasteiger partial charge in [-0.05, 0) is 12.3 Å². The molecule has 0 saturated heterocycles. The van der Waals surface area contributed by atoms with Crippen LogP contribution in [0.5, 0.6) is 0 Å². The van der Waals surface area contributed by atoms with Crippen LogP contribution in [0.25, 0.3) is 0 Å². The molecule has 170 valence electrons. The van der Waals surface area contributed by atoms with Gasteiger partial charge in [0.2, 0.25) is 0 Å². The highest BCUT2D eigenvalue weighted by atomic mass is 19.4. The first-order valence-corrected chi connectivity index (χ1v) is 8.68. The first-order valence-electron chi connectivity index (χ1n) is 8.68. The Kier molecular flexibility index (Phi) is 10.1. The molecule has 0 saturated carbocycles. The van der Waals surface area contributed by atoms with Crippen molar-refractivity contribution in [1.29, 1.82) is 0 Å². The zero-order valence-corrected chi connectivity index (χ0v) is 15.6. The summed E-state index contributed by atoms with van der Waals surface area (Å²) in [5.74, 6) is -23.1. The van der Waals surface area contributed by atoms with Crippen molar-refractivity contribution in [3.63, 3.8) is 0 Å². The van der Waals surface area contributed by atoms with E-state index in [1.807, 2.05) is 0 Å². The molecule has 0 spiro atoms. The molecule has 0 heterocycles. The van der Waals surface area contributed by atoms with Crippen LogP contribution in [0.4, 0.5) is 35.1 Å². The van der Waals surface area contributed by atoms with Crippen LogP contribution < -0.4 is 0 Å². The zero-order chi connectivity index (χ0) is 23.0. The van der Waals surface area contributed by atoms with E-state index in [-0.39, 0.29) is 25.0 Å². The lowest BCUT2D eigenvalue weighted by Crippen LogP contribution is -2.62. The average Bonchev–Trinajstić information content (AvgIpc) is 2.61. The SMILES string of the molecule is CCCCC(CC)CC(OC(=O)C=CC(=O)O)C(F)(F)C(F)(F)C(F)(F)C(F)F. The van der Waals surface area contributed by atoms with E-state index in [2.05, 4.69) is 4.74 Å². The van der Waals surface area contributed by atoms with Crippen molar-refractivity contribution >= 4 is 11.9 Å². The van der Waals surface area contributed by atoms with Crippen molar-refractivity contribution in [3.05, 3.63) is 12.2 Å². The Labute approximate surface area is 161 Å². The zero-order valence-electron chi connectivity index (χ0n) is 15.6. The van der Waals surface area contributed by atoms with Gasteiger partial charge in [0.25, 0.3) is 0 Å². The quantitative estimate of drug-likeness (QED) is 0.238. The lowest BCUT2D eigenvalue weighted by atomic mass is 9.88. The van der Waals surface area contributed by atoms with Crippen molar-refractivity contribution in [3.8, 4) is 0 Å². The minimum atomic E-state index is -6.54. The second-order valence-corrected chi connectivity index (χ2v) is 6.37. The van der Waals surface area contributed by atoms with E-state index in [0.717, 1.165) is 0 Å². The summed E-state index contributed by atoms with van der Waals surface area (Å²) in [4.78, 5) is 21.9. The van der Waals surface area contributed by atoms with Gasteiger partial charge in [-0.15, -0.1) is 0 Å². The summed E-state index contributed by atoms with van der Waals surface area (Å²) in [6.45, 7) is 3.24. The Morgan fingerprint density at radius 1 is 1.00 bits per heavy atom. The standard InChI is InChI=1S/C17H22F8O4/c1-3-5-6-10(4-2)9-11(29-13(28)8-7-12(26)27)15(20,21)17(24,25)16(22,23)14(18)19/h7-8,10-11,14H,3-6,9H2,1-2H3,(H,26,27). The maximum absolute atomic E-state index is 14.3. The van der Waals surface area contributed by atoms with Gasteiger partial charge < -0.3 is 9.84 Å². The monoisotopic (exact) mass is 442 g/mol. The number of hydrogen-bond acceptors (Lipinski definition) is 3. The number of ether oxygens (including phenoxy) is 1. The summed E-state index contributed by atoms with van der Waals surface area (Å²) >= 11 is 0. The Morgan fingerprint density at radius 3 is 1.97 bits per heavy atom. The molecule has 12 heteroatoms. The Balaban J connectivity index is 5.97. The number of esters is 1. The Bertz CT molecular complexity index is 578. The number of aliphatic carboxylic acids is 1. The topological polar surface area (TPSA) is 63.6 Å². The van der Waals surface area contributed by atoms with Crippen molar-refractivity contribution < 1.29 is 54.6 Å². The van der Waals surface area contributed by atoms with E-state index in [1.165, 1.54) is 6.92 Å². The molecule has 0 rings (SSSR count). The smallest absolute Gasteiger partial charge is 0.381 e. The molecule has 0 aromatic heterocycles. The molecule has 0 amide bonds. The van der Waals surface area contributed by atoms with E-state index in [4.69, 9.17) is 5.11 Å². The van der Waals surface area contributed by atoms with E-state index >= 15 is 0 Å². The molecular formula is C17H22F8O4. The second-order valence-electron chi connectivity index (χ2n) is 6.37. The number of halogens is 8. The summed E-state index contributed by atoms with van der Waals surface area (Å²) in [5, 5.41) is 8.39. The first-order chi connectivity index (χ1) is 13.1. The first kappa shape index (κ1) is 27.1. The third-order valence-corrected chi connectivity index (χ3v) is 4.23. The van der Waals surface area contributed by atoms with Gasteiger partial charge in [0.15, 0.2) is 6.10 Å². The van der Waals surface area contributed by atoms with E-state index < -0.39 is 54.6 Å². The van der Waals surface area contributed by atoms with Gasteiger partial charge in [0, 0.05) is 12.2 Å². The fraction of sp³-hybridized carbons (Fsp3) is 0.765. The fourth-order valence-electron chi connectivity index (χ4n) is 2.43. The van der Waals surface area contributed by atoms with Crippen LogP contribution in [0.1, 0.15) is 46.0 Å². The fourth-order valence-corrected chi connectivity index (χ4v) is 2.43. The molecule has 4 nitrogen and oxygen atoms in total. The maximum atomic E-state index is 14.3. The van der Waals surface area contributed by atoms with Gasteiger partial charge in [0.05, 0.1) is 0 Å². The Morgan fingerprint density at radius 2 is 1.55 bits per heavy atom.